The number of aromatic nitrogens is 3. The van der Waals surface area contributed by atoms with Gasteiger partial charge in [0.05, 0.1) is 11.4 Å². The lowest BCUT2D eigenvalue weighted by Gasteiger charge is -2.06. The molecule has 0 spiro atoms. The van der Waals surface area contributed by atoms with Crippen LogP contribution in [0.2, 0.25) is 5.02 Å². The second kappa shape index (κ2) is 4.43. The highest BCUT2D eigenvalue weighted by Gasteiger charge is 2.13. The molecule has 1 heterocycles. The van der Waals surface area contributed by atoms with E-state index in [-0.39, 0.29) is 6.04 Å². The van der Waals surface area contributed by atoms with E-state index in [4.69, 9.17) is 17.3 Å². The molecule has 0 saturated carbocycles. The highest BCUT2D eigenvalue weighted by molar-refractivity contribution is 6.30. The molecular weight excluding hydrogens is 243 g/mol. The topological polar surface area (TPSA) is 56.7 Å². The smallest absolute Gasteiger partial charge is 0.126 e. The van der Waals surface area contributed by atoms with Gasteiger partial charge in [-0.05, 0) is 32.0 Å². The molecule has 0 aliphatic rings. The average Bonchev–Trinajstić information content (AvgIpc) is 2.58. The third-order valence-corrected chi connectivity index (χ3v) is 2.67. The lowest BCUT2D eigenvalue weighted by atomic mass is 10.2. The van der Waals surface area contributed by atoms with Crippen LogP contribution in [-0.4, -0.2) is 15.0 Å². The summed E-state index contributed by atoms with van der Waals surface area (Å²) in [6, 6.07) is 3.99. The van der Waals surface area contributed by atoms with Crippen molar-refractivity contribution in [2.45, 2.75) is 19.9 Å². The van der Waals surface area contributed by atoms with Crippen LogP contribution < -0.4 is 5.73 Å². The van der Waals surface area contributed by atoms with Crippen LogP contribution in [0.5, 0.6) is 0 Å². The minimum Gasteiger partial charge on any atom is -0.323 e. The Labute approximate surface area is 103 Å². The molecule has 1 aromatic heterocycles. The Bertz CT molecular complexity index is 530. The van der Waals surface area contributed by atoms with E-state index < -0.39 is 5.82 Å². The predicted octanol–water partition coefficient (Wildman–Crippen LogP) is 2.39. The number of hydrogen-bond donors (Lipinski definition) is 1. The van der Waals surface area contributed by atoms with Crippen LogP contribution in [0, 0.1) is 12.7 Å². The van der Waals surface area contributed by atoms with Gasteiger partial charge in [-0.25, -0.2) is 9.07 Å². The van der Waals surface area contributed by atoms with Crippen molar-refractivity contribution in [1.29, 1.82) is 0 Å². The van der Waals surface area contributed by atoms with Crippen molar-refractivity contribution in [3.63, 3.8) is 0 Å². The molecule has 0 saturated heterocycles. The summed E-state index contributed by atoms with van der Waals surface area (Å²) in [7, 11) is 0. The fourth-order valence-corrected chi connectivity index (χ4v) is 1.88. The first-order valence-electron chi connectivity index (χ1n) is 5.13. The maximum absolute atomic E-state index is 13.2. The largest absolute Gasteiger partial charge is 0.323 e. The Hall–Kier alpha value is -1.46. The molecule has 4 nitrogen and oxygen atoms in total. The van der Waals surface area contributed by atoms with Crippen LogP contribution >= 0.6 is 11.6 Å². The highest BCUT2D eigenvalue weighted by atomic mass is 35.5. The quantitative estimate of drug-likeness (QED) is 0.895. The highest BCUT2D eigenvalue weighted by Crippen LogP contribution is 2.20. The van der Waals surface area contributed by atoms with Gasteiger partial charge in [0.15, 0.2) is 0 Å². The summed E-state index contributed by atoms with van der Waals surface area (Å²) in [5.41, 5.74) is 7.75. The summed E-state index contributed by atoms with van der Waals surface area (Å²) < 4.78 is 14.8. The molecule has 17 heavy (non-hydrogen) atoms. The Morgan fingerprint density at radius 3 is 2.65 bits per heavy atom. The molecule has 0 aliphatic carbocycles. The molecule has 1 aromatic carbocycles. The molecule has 2 N–H and O–H groups in total. The minimum atomic E-state index is -0.412. The molecular formula is C11H12ClFN4. The fraction of sp³-hybridized carbons (Fsp3) is 0.273. The van der Waals surface area contributed by atoms with E-state index in [2.05, 4.69) is 10.3 Å². The first kappa shape index (κ1) is 12.0. The zero-order valence-electron chi connectivity index (χ0n) is 9.48. The van der Waals surface area contributed by atoms with Crippen LogP contribution in [0.1, 0.15) is 24.4 Å². The third kappa shape index (κ3) is 2.30. The number of nitrogens with zero attached hydrogens (tertiary/aromatic N) is 3. The van der Waals surface area contributed by atoms with E-state index >= 15 is 0 Å². The van der Waals surface area contributed by atoms with Crippen LogP contribution in [0.15, 0.2) is 18.2 Å². The molecule has 0 amide bonds. The number of hydrogen-bond acceptors (Lipinski definition) is 3. The second-order valence-corrected chi connectivity index (χ2v) is 4.32. The van der Waals surface area contributed by atoms with Gasteiger partial charge in [0.2, 0.25) is 0 Å². The third-order valence-electron chi connectivity index (χ3n) is 2.45. The second-order valence-electron chi connectivity index (χ2n) is 3.89. The van der Waals surface area contributed by atoms with Crippen LogP contribution in [-0.2, 0) is 0 Å². The number of rotatable bonds is 2. The summed E-state index contributed by atoms with van der Waals surface area (Å²) in [4.78, 5) is 0. The molecule has 2 rings (SSSR count). The minimum absolute atomic E-state index is 0.215. The molecule has 2 aromatic rings. The van der Waals surface area contributed by atoms with Crippen LogP contribution in [0.4, 0.5) is 4.39 Å². The van der Waals surface area contributed by atoms with Crippen molar-refractivity contribution in [1.82, 2.24) is 15.0 Å². The molecule has 90 valence electrons. The van der Waals surface area contributed by atoms with Crippen molar-refractivity contribution < 1.29 is 4.39 Å². The first-order chi connectivity index (χ1) is 7.99. The van der Waals surface area contributed by atoms with E-state index in [1.807, 2.05) is 13.8 Å². The number of benzene rings is 1. The van der Waals surface area contributed by atoms with Gasteiger partial charge in [0, 0.05) is 11.1 Å². The van der Waals surface area contributed by atoms with E-state index in [1.165, 1.54) is 16.8 Å². The molecule has 1 atom stereocenters. The van der Waals surface area contributed by atoms with E-state index in [9.17, 15) is 4.39 Å². The maximum atomic E-state index is 13.2. The van der Waals surface area contributed by atoms with E-state index in [1.54, 1.807) is 6.07 Å². The number of halogens is 2. The van der Waals surface area contributed by atoms with Gasteiger partial charge in [-0.3, -0.25) is 0 Å². The molecule has 0 aliphatic heterocycles. The predicted molar refractivity (Wildman–Crippen MR) is 63.7 cm³/mol. The van der Waals surface area contributed by atoms with Crippen molar-refractivity contribution >= 4 is 11.6 Å². The summed E-state index contributed by atoms with van der Waals surface area (Å²) in [5, 5.41) is 8.24. The van der Waals surface area contributed by atoms with Gasteiger partial charge in [0.25, 0.3) is 0 Å². The van der Waals surface area contributed by atoms with Crippen LogP contribution in [0.25, 0.3) is 5.69 Å². The van der Waals surface area contributed by atoms with E-state index in [0.717, 1.165) is 5.69 Å². The zero-order chi connectivity index (χ0) is 12.6. The summed E-state index contributed by atoms with van der Waals surface area (Å²) >= 11 is 5.80. The van der Waals surface area contributed by atoms with Gasteiger partial charge in [0.1, 0.15) is 11.5 Å². The lowest BCUT2D eigenvalue weighted by Crippen LogP contribution is -2.08. The average molecular weight is 255 g/mol. The Morgan fingerprint density at radius 1 is 1.41 bits per heavy atom. The van der Waals surface area contributed by atoms with Crippen molar-refractivity contribution in [3.8, 4) is 5.69 Å². The molecule has 0 fully saturated rings. The molecule has 0 radical (unpaired) electrons. The fourth-order valence-electron chi connectivity index (χ4n) is 1.67. The van der Waals surface area contributed by atoms with Gasteiger partial charge in [-0.2, -0.15) is 0 Å². The van der Waals surface area contributed by atoms with Crippen molar-refractivity contribution in [2.24, 2.45) is 5.73 Å². The van der Waals surface area contributed by atoms with Gasteiger partial charge in [-0.15, -0.1) is 5.10 Å². The summed E-state index contributed by atoms with van der Waals surface area (Å²) in [5.74, 6) is -0.412. The van der Waals surface area contributed by atoms with Gasteiger partial charge in [-0.1, -0.05) is 16.8 Å². The summed E-state index contributed by atoms with van der Waals surface area (Å²) in [6.45, 7) is 3.65. The normalized spacial score (nSPS) is 12.8. The Balaban J connectivity index is 2.53. The van der Waals surface area contributed by atoms with E-state index in [0.29, 0.717) is 16.4 Å². The molecule has 1 unspecified atom stereocenters. The summed E-state index contributed by atoms with van der Waals surface area (Å²) in [6.07, 6.45) is 0. The molecule has 6 heteroatoms. The lowest BCUT2D eigenvalue weighted by molar-refractivity contribution is 0.624. The maximum Gasteiger partial charge on any atom is 0.126 e. The number of nitrogens with two attached hydrogens (primary N) is 1. The monoisotopic (exact) mass is 254 g/mol. The van der Waals surface area contributed by atoms with Crippen molar-refractivity contribution in [3.05, 3.63) is 40.4 Å². The standard InChI is InChI=1S/C11H12ClFN4/c1-6(14)11-7(2)17(16-15-11)10-4-8(12)3-9(13)5-10/h3-6H,14H2,1-2H3. The zero-order valence-corrected chi connectivity index (χ0v) is 10.2. The Kier molecular flexibility index (Phi) is 3.13. The SMILES string of the molecule is Cc1c(C(C)N)nnn1-c1cc(F)cc(Cl)c1. The first-order valence-corrected chi connectivity index (χ1v) is 5.51. The van der Waals surface area contributed by atoms with Gasteiger partial charge >= 0.3 is 0 Å². The molecule has 0 bridgehead atoms. The Morgan fingerprint density at radius 2 is 2.12 bits per heavy atom. The van der Waals surface area contributed by atoms with Gasteiger partial charge < -0.3 is 5.73 Å². The van der Waals surface area contributed by atoms with Crippen molar-refractivity contribution in [2.75, 3.05) is 0 Å². The van der Waals surface area contributed by atoms with Crippen LogP contribution in [0.3, 0.4) is 0 Å².